The molecule has 2 aliphatic rings. The third-order valence-electron chi connectivity index (χ3n) is 9.03. The number of aliphatic hydroxyl groups excluding tert-OH is 2. The predicted octanol–water partition coefficient (Wildman–Crippen LogP) is 5.43. The summed E-state index contributed by atoms with van der Waals surface area (Å²) in [6.45, 7) is 0. The van der Waals surface area contributed by atoms with Gasteiger partial charge in [0.1, 0.15) is 46.7 Å². The first-order chi connectivity index (χ1) is 23.9. The van der Waals surface area contributed by atoms with Crippen molar-refractivity contribution in [1.29, 1.82) is 0 Å². The molecule has 50 heavy (non-hydrogen) atoms. The van der Waals surface area contributed by atoms with E-state index < -0.39 is 75.8 Å². The molecular formula is C37H32O12S. The first kappa shape index (κ1) is 32.9. The minimum atomic E-state index is -1.64. The van der Waals surface area contributed by atoms with Crippen LogP contribution in [0.4, 0.5) is 0 Å². The highest BCUT2D eigenvalue weighted by Crippen LogP contribution is 2.60. The zero-order valence-electron chi connectivity index (χ0n) is 26.0. The molecule has 0 aliphatic carbocycles. The molecule has 10 N–H and O–H groups in total. The summed E-state index contributed by atoms with van der Waals surface area (Å²) in [5.41, 5.74) is 1.30. The molecule has 7 rings (SSSR count). The van der Waals surface area contributed by atoms with Crippen molar-refractivity contribution in [2.24, 2.45) is 0 Å². The predicted molar refractivity (Wildman–Crippen MR) is 180 cm³/mol. The number of ether oxygens (including phenoxy) is 2. The number of benzene rings is 5. The first-order valence-electron chi connectivity index (χ1n) is 15.5. The Morgan fingerprint density at radius 3 is 1.72 bits per heavy atom. The van der Waals surface area contributed by atoms with Gasteiger partial charge >= 0.3 is 0 Å². The number of rotatable bonds is 6. The normalized spacial score (nSPS) is 22.5. The number of hydrogen-bond donors (Lipinski definition) is 10. The van der Waals surface area contributed by atoms with Crippen molar-refractivity contribution in [1.82, 2.24) is 0 Å². The molecule has 0 amide bonds. The lowest BCUT2D eigenvalue weighted by Crippen LogP contribution is -2.37. The van der Waals surface area contributed by atoms with Crippen molar-refractivity contribution in [2.75, 3.05) is 0 Å². The summed E-state index contributed by atoms with van der Waals surface area (Å²) >= 11 is 1.27. The molecule has 0 bridgehead atoms. The van der Waals surface area contributed by atoms with E-state index in [4.69, 9.17) is 9.47 Å². The molecule has 0 unspecified atom stereocenters. The molecule has 0 saturated heterocycles. The molecule has 6 atom stereocenters. The fourth-order valence-corrected chi connectivity index (χ4v) is 7.97. The number of fused-ring (bicyclic) bond motifs is 2. The van der Waals surface area contributed by atoms with Gasteiger partial charge < -0.3 is 60.5 Å². The minimum Gasteiger partial charge on any atom is -0.508 e. The van der Waals surface area contributed by atoms with Crippen LogP contribution in [0.3, 0.4) is 0 Å². The van der Waals surface area contributed by atoms with Crippen LogP contribution in [0.5, 0.6) is 57.5 Å². The highest BCUT2D eigenvalue weighted by atomic mass is 32.2. The van der Waals surface area contributed by atoms with Gasteiger partial charge in [0, 0.05) is 35.1 Å². The average molecular weight is 701 g/mol. The van der Waals surface area contributed by atoms with Gasteiger partial charge in [-0.2, -0.15) is 0 Å². The van der Waals surface area contributed by atoms with E-state index in [1.165, 1.54) is 54.2 Å². The van der Waals surface area contributed by atoms with Crippen LogP contribution in [-0.4, -0.2) is 63.3 Å². The highest BCUT2D eigenvalue weighted by Gasteiger charge is 2.48. The Labute approximate surface area is 288 Å². The van der Waals surface area contributed by atoms with E-state index in [9.17, 15) is 51.1 Å². The van der Waals surface area contributed by atoms with Gasteiger partial charge in [-0.05, 0) is 41.0 Å². The second-order valence-corrected chi connectivity index (χ2v) is 13.3. The summed E-state index contributed by atoms with van der Waals surface area (Å²) in [4.78, 5) is 0. The maximum Gasteiger partial charge on any atom is 0.157 e. The number of thioether (sulfide) groups is 1. The molecule has 0 saturated carbocycles. The molecule has 2 aliphatic heterocycles. The maximum absolute atomic E-state index is 12.1. The smallest absolute Gasteiger partial charge is 0.157 e. The number of hydrogen-bond acceptors (Lipinski definition) is 13. The molecule has 5 aromatic rings. The van der Waals surface area contributed by atoms with Crippen molar-refractivity contribution < 1.29 is 60.5 Å². The number of phenols is 8. The second-order valence-electron chi connectivity index (χ2n) is 12.2. The molecule has 0 fully saturated rings. The van der Waals surface area contributed by atoms with Crippen LogP contribution in [-0.2, 0) is 5.75 Å². The summed E-state index contributed by atoms with van der Waals surface area (Å²) < 4.78 is 12.5. The topological polar surface area (TPSA) is 221 Å². The molecule has 5 aromatic carbocycles. The molecule has 258 valence electrons. The zero-order valence-corrected chi connectivity index (χ0v) is 26.8. The Bertz CT molecular complexity index is 2090. The van der Waals surface area contributed by atoms with Crippen LogP contribution >= 0.6 is 11.8 Å². The molecule has 2 heterocycles. The van der Waals surface area contributed by atoms with Crippen molar-refractivity contribution >= 4 is 11.8 Å². The van der Waals surface area contributed by atoms with E-state index in [1.54, 1.807) is 0 Å². The molecule has 13 heteroatoms. The number of aromatic hydroxyl groups is 8. The maximum atomic E-state index is 12.1. The Morgan fingerprint density at radius 2 is 1.10 bits per heavy atom. The van der Waals surface area contributed by atoms with E-state index in [-0.39, 0.29) is 45.1 Å². The lowest BCUT2D eigenvalue weighted by Gasteiger charge is -2.42. The van der Waals surface area contributed by atoms with E-state index in [1.807, 2.05) is 30.3 Å². The highest BCUT2D eigenvalue weighted by molar-refractivity contribution is 7.98. The fourth-order valence-electron chi connectivity index (χ4n) is 6.67. The third kappa shape index (κ3) is 5.64. The summed E-state index contributed by atoms with van der Waals surface area (Å²) in [6.07, 6.45) is -5.53. The van der Waals surface area contributed by atoms with Gasteiger partial charge in [-0.15, -0.1) is 11.8 Å². The van der Waals surface area contributed by atoms with Gasteiger partial charge in [-0.1, -0.05) is 42.5 Å². The molecule has 0 radical (unpaired) electrons. The minimum absolute atomic E-state index is 0.0419. The van der Waals surface area contributed by atoms with Crippen molar-refractivity contribution in [3.05, 3.63) is 118 Å². The summed E-state index contributed by atoms with van der Waals surface area (Å²) in [7, 11) is 0. The molecule has 0 aromatic heterocycles. The first-order valence-corrected chi connectivity index (χ1v) is 16.5. The Morgan fingerprint density at radius 1 is 0.520 bits per heavy atom. The van der Waals surface area contributed by atoms with E-state index in [0.717, 1.165) is 17.7 Å². The van der Waals surface area contributed by atoms with Crippen LogP contribution in [0.1, 0.15) is 56.8 Å². The van der Waals surface area contributed by atoms with Gasteiger partial charge in [0.05, 0.1) is 16.7 Å². The molecular weight excluding hydrogens is 668 g/mol. The molecule has 0 spiro atoms. The largest absolute Gasteiger partial charge is 0.508 e. The lowest BCUT2D eigenvalue weighted by molar-refractivity contribution is 0.000589. The summed E-state index contributed by atoms with van der Waals surface area (Å²) in [5.74, 6) is -4.86. The monoisotopic (exact) mass is 700 g/mol. The average Bonchev–Trinajstić information content (AvgIpc) is 3.08. The fraction of sp³-hybridized carbons (Fsp3) is 0.189. The number of phenolic OH excluding ortho intramolecular Hbond substituents is 8. The summed E-state index contributed by atoms with van der Waals surface area (Å²) in [6, 6.07) is 20.3. The van der Waals surface area contributed by atoms with Gasteiger partial charge in [0.15, 0.2) is 35.2 Å². The Balaban J connectivity index is 1.44. The number of aliphatic hydroxyl groups is 2. The van der Waals surface area contributed by atoms with Crippen molar-refractivity contribution in [2.45, 2.75) is 41.3 Å². The van der Waals surface area contributed by atoms with Crippen LogP contribution in [0.2, 0.25) is 0 Å². The van der Waals surface area contributed by atoms with E-state index >= 15 is 0 Å². The summed E-state index contributed by atoms with van der Waals surface area (Å²) in [5, 5.41) is 108. The quantitative estimate of drug-likeness (QED) is 0.100. The van der Waals surface area contributed by atoms with Crippen molar-refractivity contribution in [3.8, 4) is 57.5 Å². The zero-order chi connectivity index (χ0) is 35.4. The second kappa shape index (κ2) is 12.7. The van der Waals surface area contributed by atoms with Crippen LogP contribution in [0.15, 0.2) is 84.9 Å². The van der Waals surface area contributed by atoms with Crippen LogP contribution in [0.25, 0.3) is 0 Å². The van der Waals surface area contributed by atoms with Gasteiger partial charge in [0.25, 0.3) is 0 Å². The van der Waals surface area contributed by atoms with Gasteiger partial charge in [0.2, 0.25) is 0 Å². The van der Waals surface area contributed by atoms with Gasteiger partial charge in [-0.25, -0.2) is 0 Å². The van der Waals surface area contributed by atoms with E-state index in [2.05, 4.69) is 0 Å². The Hall–Kier alpha value is -5.63. The SMILES string of the molecule is Oc1cc(O)c2c(c1)O[C@H](c1ccc(O)c(O)c1)[C@H](O)[C@@H]2c1c(O)cc(O)c2c1O[C@H](c1ccc(O)c(O)c1)[C@@H](O)[C@@H]2SCc1ccccc1. The van der Waals surface area contributed by atoms with Crippen LogP contribution in [0, 0.1) is 0 Å². The third-order valence-corrected chi connectivity index (χ3v) is 10.4. The molecule has 12 nitrogen and oxygen atoms in total. The standard InChI is InChI=1S/C37H32O12S/c38-19-12-24(43)28-27(13-19)48-34(17-6-8-20(39)22(41)10-17)32(46)31(28)29-25(44)14-26(45)30-36(29)49-35(18-7-9-21(40)23(42)11-18)33(47)37(30)50-15-16-4-2-1-3-5-16/h1-14,31-35,37-47H,15H2/t31-,32+,33+,34+,35+,37+/m0/s1. The van der Waals surface area contributed by atoms with Gasteiger partial charge in [-0.3, -0.25) is 0 Å². The van der Waals surface area contributed by atoms with Crippen LogP contribution < -0.4 is 9.47 Å². The van der Waals surface area contributed by atoms with E-state index in [0.29, 0.717) is 5.75 Å². The Kier molecular flexibility index (Phi) is 8.34. The lowest BCUT2D eigenvalue weighted by atomic mass is 9.77. The van der Waals surface area contributed by atoms with Crippen molar-refractivity contribution in [3.63, 3.8) is 0 Å².